The van der Waals surface area contributed by atoms with Gasteiger partial charge in [-0.2, -0.15) is 0 Å². The third kappa shape index (κ3) is 4.10. The van der Waals surface area contributed by atoms with Crippen LogP contribution in [0.5, 0.6) is 5.88 Å². The molecule has 0 aliphatic carbocycles. The lowest BCUT2D eigenvalue weighted by atomic mass is 10.0. The Balaban J connectivity index is 1.98. The van der Waals surface area contributed by atoms with E-state index >= 15 is 0 Å². The zero-order valence-electron chi connectivity index (χ0n) is 12.9. The highest BCUT2D eigenvalue weighted by atomic mass is 35.5. The first-order chi connectivity index (χ1) is 12.0. The van der Waals surface area contributed by atoms with Crippen molar-refractivity contribution < 1.29 is 14.6 Å². The molecule has 0 aliphatic rings. The number of aromatic carboxylic acids is 1. The lowest BCUT2D eigenvalue weighted by Crippen LogP contribution is -2.11. The van der Waals surface area contributed by atoms with Crippen molar-refractivity contribution in [3.63, 3.8) is 0 Å². The molecule has 25 heavy (non-hydrogen) atoms. The highest BCUT2D eigenvalue weighted by Gasteiger charge is 2.19. The van der Waals surface area contributed by atoms with E-state index in [2.05, 4.69) is 4.98 Å². The Bertz CT molecular complexity index is 880. The summed E-state index contributed by atoms with van der Waals surface area (Å²) in [7, 11) is 0. The second-order valence-corrected chi connectivity index (χ2v) is 6.10. The summed E-state index contributed by atoms with van der Waals surface area (Å²) >= 11 is 12.3. The minimum absolute atomic E-state index is 0.0909. The molecule has 6 heteroatoms. The van der Waals surface area contributed by atoms with Gasteiger partial charge in [0.1, 0.15) is 0 Å². The van der Waals surface area contributed by atoms with E-state index in [1.165, 1.54) is 18.3 Å². The van der Waals surface area contributed by atoms with Gasteiger partial charge in [0.05, 0.1) is 5.56 Å². The van der Waals surface area contributed by atoms with Crippen molar-refractivity contribution >= 4 is 29.2 Å². The highest BCUT2D eigenvalue weighted by molar-refractivity contribution is 6.31. The number of ether oxygens (including phenoxy) is 1. The molecule has 126 valence electrons. The zero-order valence-corrected chi connectivity index (χ0v) is 14.4. The van der Waals surface area contributed by atoms with Crippen molar-refractivity contribution in [1.82, 2.24) is 4.98 Å². The van der Waals surface area contributed by atoms with Gasteiger partial charge in [0.15, 0.2) is 6.10 Å². The molecule has 0 saturated heterocycles. The van der Waals surface area contributed by atoms with E-state index < -0.39 is 12.1 Å². The van der Waals surface area contributed by atoms with Gasteiger partial charge in [-0.3, -0.25) is 0 Å². The normalized spacial score (nSPS) is 11.8. The summed E-state index contributed by atoms with van der Waals surface area (Å²) in [5, 5.41) is 10.1. The maximum Gasteiger partial charge on any atom is 0.337 e. The number of carbonyl (C=O) groups is 1. The van der Waals surface area contributed by atoms with Crippen molar-refractivity contribution in [3.05, 3.63) is 93.6 Å². The van der Waals surface area contributed by atoms with Crippen LogP contribution in [0, 0.1) is 0 Å². The van der Waals surface area contributed by atoms with Crippen LogP contribution in [0.25, 0.3) is 0 Å². The van der Waals surface area contributed by atoms with E-state index in [0.29, 0.717) is 15.9 Å². The summed E-state index contributed by atoms with van der Waals surface area (Å²) in [6, 6.07) is 17.6. The van der Waals surface area contributed by atoms with Crippen molar-refractivity contribution in [3.8, 4) is 5.88 Å². The maximum absolute atomic E-state index is 10.9. The zero-order chi connectivity index (χ0) is 17.8. The van der Waals surface area contributed by atoms with Crippen molar-refractivity contribution in [2.45, 2.75) is 6.10 Å². The molecule has 3 rings (SSSR count). The van der Waals surface area contributed by atoms with Gasteiger partial charge in [-0.1, -0.05) is 53.5 Å². The lowest BCUT2D eigenvalue weighted by molar-refractivity contribution is 0.0696. The quantitative estimate of drug-likeness (QED) is 0.662. The molecule has 1 heterocycles. The predicted molar refractivity (Wildman–Crippen MR) is 96.6 cm³/mol. The molecule has 0 saturated carbocycles. The van der Waals surface area contributed by atoms with E-state index in [1.54, 1.807) is 18.2 Å². The molecule has 0 bridgehead atoms. The third-order valence-corrected chi connectivity index (χ3v) is 4.18. The van der Waals surface area contributed by atoms with Gasteiger partial charge in [0.25, 0.3) is 0 Å². The number of hydrogen-bond acceptors (Lipinski definition) is 3. The van der Waals surface area contributed by atoms with Gasteiger partial charge in [-0.05, 0) is 29.8 Å². The average Bonchev–Trinajstić information content (AvgIpc) is 2.62. The molecule has 0 radical (unpaired) electrons. The maximum atomic E-state index is 10.9. The van der Waals surface area contributed by atoms with Gasteiger partial charge < -0.3 is 9.84 Å². The second-order valence-electron chi connectivity index (χ2n) is 5.26. The minimum Gasteiger partial charge on any atom is -0.478 e. The number of pyridine rings is 1. The standard InChI is InChI=1S/C19H13Cl2NO3/c20-14-8-5-12(6-9-14)18(15-3-1-2-4-16(15)21)25-17-10-7-13(11-22-17)19(23)24/h1-11,18H,(H,23,24). The van der Waals surface area contributed by atoms with Crippen LogP contribution in [0.3, 0.4) is 0 Å². The molecule has 1 unspecified atom stereocenters. The molecular formula is C19H13Cl2NO3. The minimum atomic E-state index is -1.04. The monoisotopic (exact) mass is 373 g/mol. The second kappa shape index (κ2) is 7.55. The van der Waals surface area contributed by atoms with E-state index in [9.17, 15) is 4.79 Å². The first-order valence-corrected chi connectivity index (χ1v) is 8.16. The van der Waals surface area contributed by atoms with Gasteiger partial charge >= 0.3 is 5.97 Å². The SMILES string of the molecule is O=C(O)c1ccc(OC(c2ccc(Cl)cc2)c2ccccc2Cl)nc1. The van der Waals surface area contributed by atoms with Crippen LogP contribution >= 0.6 is 23.2 Å². The summed E-state index contributed by atoms with van der Waals surface area (Å²) in [5.41, 5.74) is 1.71. The fourth-order valence-corrected chi connectivity index (χ4v) is 2.69. The van der Waals surface area contributed by atoms with Crippen LogP contribution in [0.1, 0.15) is 27.6 Å². The summed E-state index contributed by atoms with van der Waals surface area (Å²) in [6.07, 6.45) is 0.748. The smallest absolute Gasteiger partial charge is 0.337 e. The van der Waals surface area contributed by atoms with Crippen LogP contribution < -0.4 is 4.74 Å². The van der Waals surface area contributed by atoms with Crippen LogP contribution in [-0.4, -0.2) is 16.1 Å². The third-order valence-electron chi connectivity index (χ3n) is 3.58. The molecule has 2 aromatic carbocycles. The Hall–Kier alpha value is -2.56. The molecule has 4 nitrogen and oxygen atoms in total. The summed E-state index contributed by atoms with van der Waals surface area (Å²) in [4.78, 5) is 15.0. The van der Waals surface area contributed by atoms with E-state index in [-0.39, 0.29) is 5.56 Å². The van der Waals surface area contributed by atoms with Crippen LogP contribution in [0.4, 0.5) is 0 Å². The van der Waals surface area contributed by atoms with Gasteiger partial charge in [0, 0.05) is 27.9 Å². The molecule has 1 aromatic heterocycles. The van der Waals surface area contributed by atoms with Crippen LogP contribution in [0.2, 0.25) is 10.0 Å². The van der Waals surface area contributed by atoms with Gasteiger partial charge in [0.2, 0.25) is 5.88 Å². The summed E-state index contributed by atoms with van der Waals surface area (Å²) in [5.74, 6) is -0.746. The average molecular weight is 374 g/mol. The fraction of sp³-hybridized carbons (Fsp3) is 0.0526. The Morgan fingerprint density at radius 2 is 1.72 bits per heavy atom. The number of nitrogens with zero attached hydrogens (tertiary/aromatic N) is 1. The molecule has 0 spiro atoms. The Morgan fingerprint density at radius 1 is 1.00 bits per heavy atom. The Labute approximate surface area is 154 Å². The number of hydrogen-bond donors (Lipinski definition) is 1. The first kappa shape index (κ1) is 17.3. The van der Waals surface area contributed by atoms with Crippen molar-refractivity contribution in [1.29, 1.82) is 0 Å². The lowest BCUT2D eigenvalue weighted by Gasteiger charge is -2.20. The van der Waals surface area contributed by atoms with Crippen LogP contribution in [-0.2, 0) is 0 Å². The predicted octanol–water partition coefficient (Wildman–Crippen LogP) is 5.26. The fourth-order valence-electron chi connectivity index (χ4n) is 2.33. The Morgan fingerprint density at radius 3 is 2.32 bits per heavy atom. The van der Waals surface area contributed by atoms with Gasteiger partial charge in [-0.15, -0.1) is 0 Å². The molecule has 0 fully saturated rings. The topological polar surface area (TPSA) is 59.4 Å². The van der Waals surface area contributed by atoms with E-state index in [1.807, 2.05) is 30.3 Å². The number of carboxylic acids is 1. The molecular weight excluding hydrogens is 361 g/mol. The first-order valence-electron chi connectivity index (χ1n) is 7.40. The number of aromatic nitrogens is 1. The molecule has 0 aliphatic heterocycles. The Kier molecular flexibility index (Phi) is 5.22. The largest absolute Gasteiger partial charge is 0.478 e. The number of benzene rings is 2. The summed E-state index contributed by atoms with van der Waals surface area (Å²) in [6.45, 7) is 0. The van der Waals surface area contributed by atoms with Crippen molar-refractivity contribution in [2.24, 2.45) is 0 Å². The van der Waals surface area contributed by atoms with Crippen LogP contribution in [0.15, 0.2) is 66.9 Å². The molecule has 0 amide bonds. The number of carboxylic acid groups (broad SMARTS) is 1. The van der Waals surface area contributed by atoms with E-state index in [4.69, 9.17) is 33.0 Å². The number of halogens is 2. The number of rotatable bonds is 5. The summed E-state index contributed by atoms with van der Waals surface area (Å²) < 4.78 is 6.01. The molecule has 3 aromatic rings. The van der Waals surface area contributed by atoms with Gasteiger partial charge in [-0.25, -0.2) is 9.78 Å². The van der Waals surface area contributed by atoms with E-state index in [0.717, 1.165) is 11.1 Å². The molecule has 1 atom stereocenters. The highest BCUT2D eigenvalue weighted by Crippen LogP contribution is 2.32. The van der Waals surface area contributed by atoms with Crippen molar-refractivity contribution in [2.75, 3.05) is 0 Å². The molecule has 1 N–H and O–H groups in total.